The van der Waals surface area contributed by atoms with Crippen LogP contribution in [0.5, 0.6) is 0 Å². The summed E-state index contributed by atoms with van der Waals surface area (Å²) in [6.07, 6.45) is 0. The normalized spacial score (nSPS) is 10.3. The van der Waals surface area contributed by atoms with Crippen LogP contribution in [0, 0.1) is 0 Å². The smallest absolute Gasteiger partial charge is 0.292 e. The average Bonchev–Trinajstić information content (AvgIpc) is 2.82. The van der Waals surface area contributed by atoms with Crippen LogP contribution in [0.25, 0.3) is 11.5 Å². The first-order valence-corrected chi connectivity index (χ1v) is 6.08. The molecule has 1 aromatic carbocycles. The van der Waals surface area contributed by atoms with Gasteiger partial charge in [0.15, 0.2) is 0 Å². The van der Waals surface area contributed by atoms with E-state index in [2.05, 4.69) is 31.4 Å². The lowest BCUT2D eigenvalue weighted by Gasteiger charge is -1.99. The highest BCUT2D eigenvalue weighted by Crippen LogP contribution is 2.28. The maximum Gasteiger partial charge on any atom is 0.292 e. The first-order valence-electron chi connectivity index (χ1n) is 5.29. The Morgan fingerprint density at radius 2 is 2.33 bits per heavy atom. The third-order valence-corrected chi connectivity index (χ3v) is 2.88. The minimum Gasteiger partial charge on any atom is -0.399 e. The summed E-state index contributed by atoms with van der Waals surface area (Å²) in [7, 11) is 0. The van der Waals surface area contributed by atoms with Crippen molar-refractivity contribution in [2.24, 2.45) is 0 Å². The lowest BCUT2D eigenvalue weighted by Crippen LogP contribution is -2.23. The number of nitrogens with one attached hydrogen (secondary N) is 1. The highest BCUT2D eigenvalue weighted by Gasteiger charge is 2.16. The molecule has 0 aliphatic carbocycles. The summed E-state index contributed by atoms with van der Waals surface area (Å²) in [6.45, 7) is 2.32. The number of aromatic nitrogens is 2. The van der Waals surface area contributed by atoms with Crippen molar-refractivity contribution in [2.45, 2.75) is 6.92 Å². The predicted octanol–water partition coefficient (Wildman–Crippen LogP) is 1.83. The van der Waals surface area contributed by atoms with Crippen LogP contribution in [0.3, 0.4) is 0 Å². The van der Waals surface area contributed by atoms with Gasteiger partial charge >= 0.3 is 0 Å². The monoisotopic (exact) mass is 310 g/mol. The lowest BCUT2D eigenvalue weighted by atomic mass is 10.2. The summed E-state index contributed by atoms with van der Waals surface area (Å²) in [4.78, 5) is 15.5. The van der Waals surface area contributed by atoms with Gasteiger partial charge in [0.25, 0.3) is 17.6 Å². The van der Waals surface area contributed by atoms with Crippen molar-refractivity contribution in [3.63, 3.8) is 0 Å². The van der Waals surface area contributed by atoms with Crippen LogP contribution < -0.4 is 11.1 Å². The van der Waals surface area contributed by atoms with Crippen molar-refractivity contribution < 1.29 is 9.32 Å². The van der Waals surface area contributed by atoms with Gasteiger partial charge in [-0.2, -0.15) is 4.98 Å². The van der Waals surface area contributed by atoms with E-state index >= 15 is 0 Å². The first kappa shape index (κ1) is 12.6. The average molecular weight is 311 g/mol. The molecule has 18 heavy (non-hydrogen) atoms. The maximum absolute atomic E-state index is 11.5. The summed E-state index contributed by atoms with van der Waals surface area (Å²) < 4.78 is 5.81. The Bertz CT molecular complexity index is 582. The molecule has 0 spiro atoms. The molecule has 94 valence electrons. The highest BCUT2D eigenvalue weighted by molar-refractivity contribution is 9.10. The van der Waals surface area contributed by atoms with Crippen LogP contribution in [0.2, 0.25) is 0 Å². The zero-order chi connectivity index (χ0) is 13.1. The number of benzene rings is 1. The number of hydrogen-bond donors (Lipinski definition) is 2. The van der Waals surface area contributed by atoms with Gasteiger partial charge in [-0.15, -0.1) is 0 Å². The summed E-state index contributed by atoms with van der Waals surface area (Å²) in [5.74, 6) is -0.121. The molecule has 2 rings (SSSR count). The Balaban J connectivity index is 2.35. The number of carbonyl (C=O) groups is 1. The van der Waals surface area contributed by atoms with Gasteiger partial charge in [0.1, 0.15) is 0 Å². The second-order valence-corrected chi connectivity index (χ2v) is 4.38. The number of carbonyl (C=O) groups excluding carboxylic acids is 1. The second-order valence-electron chi connectivity index (χ2n) is 3.52. The van der Waals surface area contributed by atoms with Crippen LogP contribution in [0.1, 0.15) is 17.5 Å². The number of hydrogen-bond acceptors (Lipinski definition) is 5. The molecule has 3 N–H and O–H groups in total. The first-order chi connectivity index (χ1) is 8.61. The number of nitrogens with two attached hydrogens (primary N) is 1. The number of anilines is 1. The summed E-state index contributed by atoms with van der Waals surface area (Å²) >= 11 is 3.36. The van der Waals surface area contributed by atoms with E-state index in [1.807, 2.05) is 6.92 Å². The van der Waals surface area contributed by atoms with Gasteiger partial charge < -0.3 is 15.6 Å². The van der Waals surface area contributed by atoms with E-state index in [1.165, 1.54) is 0 Å². The zero-order valence-corrected chi connectivity index (χ0v) is 11.2. The third kappa shape index (κ3) is 2.51. The van der Waals surface area contributed by atoms with E-state index in [9.17, 15) is 4.79 Å². The van der Waals surface area contributed by atoms with Gasteiger partial charge in [-0.05, 0) is 41.1 Å². The molecule has 1 amide bonds. The van der Waals surface area contributed by atoms with Crippen molar-refractivity contribution >= 4 is 27.5 Å². The van der Waals surface area contributed by atoms with Crippen molar-refractivity contribution in [1.29, 1.82) is 0 Å². The number of nitrogens with zero attached hydrogens (tertiary/aromatic N) is 2. The van der Waals surface area contributed by atoms with Crippen LogP contribution >= 0.6 is 15.9 Å². The number of nitrogen functional groups attached to an aromatic ring is 1. The lowest BCUT2D eigenvalue weighted by molar-refractivity contribution is 0.0942. The van der Waals surface area contributed by atoms with Gasteiger partial charge in [0.2, 0.25) is 0 Å². The van der Waals surface area contributed by atoms with E-state index in [-0.39, 0.29) is 17.6 Å². The minimum absolute atomic E-state index is 0.00109. The topological polar surface area (TPSA) is 94.0 Å². The molecule has 0 atom stereocenters. The van der Waals surface area contributed by atoms with Crippen molar-refractivity contribution in [3.05, 3.63) is 28.5 Å². The molecule has 0 aliphatic heterocycles. The Morgan fingerprint density at radius 1 is 1.56 bits per heavy atom. The Kier molecular flexibility index (Phi) is 3.61. The standard InChI is InChI=1S/C11H11BrN4O2/c1-2-14-10(17)9-15-11(18-16-9)7-5-6(13)3-4-8(7)12/h3-5H,2,13H2,1H3,(H,14,17). The zero-order valence-electron chi connectivity index (χ0n) is 9.61. The molecule has 0 fully saturated rings. The molecule has 0 bridgehead atoms. The molecule has 7 heteroatoms. The van der Waals surface area contributed by atoms with Crippen molar-refractivity contribution in [3.8, 4) is 11.5 Å². The van der Waals surface area contributed by atoms with Gasteiger partial charge in [-0.1, -0.05) is 5.16 Å². The van der Waals surface area contributed by atoms with Crippen LogP contribution in [0.15, 0.2) is 27.2 Å². The summed E-state index contributed by atoms with van der Waals surface area (Å²) in [5.41, 5.74) is 6.92. The molecule has 6 nitrogen and oxygen atoms in total. The Labute approximate surface area is 112 Å². The largest absolute Gasteiger partial charge is 0.399 e. The molecular weight excluding hydrogens is 300 g/mol. The fourth-order valence-corrected chi connectivity index (χ4v) is 1.79. The molecule has 0 unspecified atom stereocenters. The quantitative estimate of drug-likeness (QED) is 0.843. The summed E-state index contributed by atoms with van der Waals surface area (Å²) in [5, 5.41) is 6.21. The molecule has 0 aliphatic rings. The van der Waals surface area contributed by atoms with Crippen molar-refractivity contribution in [1.82, 2.24) is 15.5 Å². The number of amides is 1. The van der Waals surface area contributed by atoms with Gasteiger partial charge in [0.05, 0.1) is 5.56 Å². The molecule has 1 heterocycles. The van der Waals surface area contributed by atoms with Crippen LogP contribution in [-0.2, 0) is 0 Å². The number of rotatable bonds is 3. The third-order valence-electron chi connectivity index (χ3n) is 2.19. The van der Waals surface area contributed by atoms with E-state index in [0.29, 0.717) is 17.8 Å². The maximum atomic E-state index is 11.5. The molecular formula is C11H11BrN4O2. The van der Waals surface area contributed by atoms with Crippen molar-refractivity contribution in [2.75, 3.05) is 12.3 Å². The fourth-order valence-electron chi connectivity index (χ4n) is 1.37. The van der Waals surface area contributed by atoms with Gasteiger partial charge in [0, 0.05) is 16.7 Å². The second kappa shape index (κ2) is 5.18. The molecule has 0 saturated carbocycles. The SMILES string of the molecule is CCNC(=O)c1noc(-c2cc(N)ccc2Br)n1. The van der Waals surface area contributed by atoms with E-state index in [0.717, 1.165) is 4.47 Å². The molecule has 1 aromatic heterocycles. The molecule has 0 radical (unpaired) electrons. The fraction of sp³-hybridized carbons (Fsp3) is 0.182. The number of halogens is 1. The molecule has 0 saturated heterocycles. The highest BCUT2D eigenvalue weighted by atomic mass is 79.9. The van der Waals surface area contributed by atoms with Gasteiger partial charge in [-0.25, -0.2) is 0 Å². The van der Waals surface area contributed by atoms with E-state index in [4.69, 9.17) is 10.3 Å². The van der Waals surface area contributed by atoms with E-state index < -0.39 is 0 Å². The minimum atomic E-state index is -0.368. The molecule has 2 aromatic rings. The predicted molar refractivity (Wildman–Crippen MR) is 69.9 cm³/mol. The van der Waals surface area contributed by atoms with E-state index in [1.54, 1.807) is 18.2 Å². The van der Waals surface area contributed by atoms with Crippen LogP contribution in [-0.4, -0.2) is 22.6 Å². The van der Waals surface area contributed by atoms with Gasteiger partial charge in [-0.3, -0.25) is 4.79 Å². The Hall–Kier alpha value is -1.89. The summed E-state index contributed by atoms with van der Waals surface area (Å²) in [6, 6.07) is 5.22. The Morgan fingerprint density at radius 3 is 3.06 bits per heavy atom. The van der Waals surface area contributed by atoms with Crippen LogP contribution in [0.4, 0.5) is 5.69 Å².